The summed E-state index contributed by atoms with van der Waals surface area (Å²) in [7, 11) is 2.53. The van der Waals surface area contributed by atoms with E-state index in [-0.39, 0.29) is 23.0 Å². The van der Waals surface area contributed by atoms with Crippen LogP contribution in [0.5, 0.6) is 0 Å². The van der Waals surface area contributed by atoms with E-state index < -0.39 is 85.5 Å². The molecule has 2 aromatic carbocycles. The smallest absolute Gasteiger partial charge is 0.251 e. The second kappa shape index (κ2) is 20.8. The van der Waals surface area contributed by atoms with Crippen molar-refractivity contribution in [2.24, 2.45) is 23.3 Å². The number of carbonyl (C=O) groups is 8. The zero-order chi connectivity index (χ0) is 42.5. The van der Waals surface area contributed by atoms with Gasteiger partial charge >= 0.3 is 0 Å². The Morgan fingerprint density at radius 1 is 0.552 bits per heavy atom. The van der Waals surface area contributed by atoms with Crippen molar-refractivity contribution in [1.82, 2.24) is 41.9 Å². The normalized spacial score (nSPS) is 12.0. The lowest BCUT2D eigenvalue weighted by atomic mass is 10.0. The number of fused-ring (bicyclic) bond motifs is 2. The Kier molecular flexibility index (Phi) is 15.9. The molecule has 0 saturated carbocycles. The van der Waals surface area contributed by atoms with Crippen LogP contribution in [0.2, 0.25) is 0 Å². The summed E-state index contributed by atoms with van der Waals surface area (Å²) in [5.74, 6) is -5.52. The number of carbonyl (C=O) groups excluding carboxylic acids is 8. The summed E-state index contributed by atoms with van der Waals surface area (Å²) >= 11 is 0. The molecule has 0 bridgehead atoms. The molecule has 2 atom stereocenters. The van der Waals surface area contributed by atoms with Gasteiger partial charge in [0.15, 0.2) is 0 Å². The zero-order valence-electron chi connectivity index (χ0n) is 32.0. The van der Waals surface area contributed by atoms with Gasteiger partial charge in [0.05, 0.1) is 37.2 Å². The van der Waals surface area contributed by atoms with Crippen molar-refractivity contribution in [3.8, 4) is 0 Å². The maximum atomic E-state index is 13.2. The number of rotatable bonds is 19. The number of benzene rings is 2. The number of amides is 8. The number of primary amides is 2. The van der Waals surface area contributed by atoms with Gasteiger partial charge in [-0.25, -0.2) is 0 Å². The fourth-order valence-corrected chi connectivity index (χ4v) is 7.72. The molecule has 4 rings (SSSR count). The van der Waals surface area contributed by atoms with Crippen LogP contribution in [0.25, 0.3) is 21.8 Å². The molecule has 0 saturated heterocycles. The van der Waals surface area contributed by atoms with E-state index in [2.05, 4.69) is 41.9 Å². The molecule has 58 heavy (non-hydrogen) atoms. The Morgan fingerprint density at radius 3 is 1.26 bits per heavy atom. The molecule has 20 heteroatoms. The Balaban J connectivity index is 1.41. The van der Waals surface area contributed by atoms with E-state index in [1.165, 1.54) is 21.6 Å². The Labute approximate surface area is 341 Å². The third-order valence-corrected chi connectivity index (χ3v) is 10.8. The van der Waals surface area contributed by atoms with Crippen LogP contribution in [0.1, 0.15) is 48.4 Å². The third-order valence-electron chi connectivity index (χ3n) is 8.38. The number of hydrogen-bond donors (Lipinski definition) is 8. The van der Waals surface area contributed by atoms with E-state index in [9.17, 15) is 38.4 Å². The summed E-state index contributed by atoms with van der Waals surface area (Å²) in [4.78, 5) is 109. The minimum atomic E-state index is -0.898. The van der Waals surface area contributed by atoms with E-state index >= 15 is 0 Å². The molecule has 2 aromatic heterocycles. The minimum absolute atomic E-state index is 0.231. The molecule has 0 spiro atoms. The fraction of sp³-hybridized carbons (Fsp3) is 0.316. The second-order valence-electron chi connectivity index (χ2n) is 13.6. The van der Waals surface area contributed by atoms with Crippen LogP contribution in [0.3, 0.4) is 0 Å². The second-order valence-corrected chi connectivity index (χ2v) is 15.8. The van der Waals surface area contributed by atoms with Gasteiger partial charge in [-0.15, -0.1) is 0 Å². The first-order valence-corrected chi connectivity index (χ1v) is 20.1. The van der Waals surface area contributed by atoms with Crippen LogP contribution in [-0.2, 0) is 28.8 Å². The van der Waals surface area contributed by atoms with Gasteiger partial charge < -0.3 is 43.4 Å². The van der Waals surface area contributed by atoms with Crippen molar-refractivity contribution in [1.29, 1.82) is 0 Å². The van der Waals surface area contributed by atoms with Gasteiger partial charge in [-0.3, -0.25) is 48.3 Å². The summed E-state index contributed by atoms with van der Waals surface area (Å²) in [6, 6.07) is 11.7. The number of nitrogens with one attached hydrogen (secondary N) is 6. The molecular weight excluding hydrogens is 789 g/mol. The minimum Gasteiger partial charge on any atom is -0.368 e. The van der Waals surface area contributed by atoms with E-state index in [0.717, 1.165) is 0 Å². The Morgan fingerprint density at radius 2 is 0.914 bits per heavy atom. The van der Waals surface area contributed by atoms with Crippen molar-refractivity contribution in [3.63, 3.8) is 0 Å². The fourth-order valence-electron chi connectivity index (χ4n) is 5.39. The van der Waals surface area contributed by atoms with Crippen LogP contribution in [-0.4, -0.2) is 95.5 Å². The highest BCUT2D eigenvalue weighted by Crippen LogP contribution is 2.43. The van der Waals surface area contributed by atoms with E-state index in [1.807, 2.05) is 0 Å². The predicted molar refractivity (Wildman–Crippen MR) is 218 cm³/mol. The number of hydrogen-bond acceptors (Lipinski definition) is 12. The molecule has 4 aromatic rings. The van der Waals surface area contributed by atoms with Gasteiger partial charge in [0.25, 0.3) is 11.8 Å². The zero-order valence-corrected chi connectivity index (χ0v) is 33.7. The largest absolute Gasteiger partial charge is 0.368 e. The molecule has 0 aliphatic rings. The summed E-state index contributed by atoms with van der Waals surface area (Å²) in [6.45, 7) is 5.15. The summed E-state index contributed by atoms with van der Waals surface area (Å²) in [5.41, 5.74) is 12.3. The first-order valence-electron chi connectivity index (χ1n) is 17.9. The SMILES string of the molecule is CC(C)[C@H](NC(=O)CNC(=O)CNC(=O)c1cc(SSc2cc(C(=O)NCC(=O)NCC(=O)N[C@H](C(N)=O)C(C)C)cc3cccnc23)c2ncccc2c1)C(N)=O. The lowest BCUT2D eigenvalue weighted by molar-refractivity contribution is -0.129. The van der Waals surface area contributed by atoms with Crippen LogP contribution in [0, 0.1) is 11.8 Å². The monoisotopic (exact) mass is 832 g/mol. The van der Waals surface area contributed by atoms with Crippen LogP contribution in [0.4, 0.5) is 0 Å². The number of pyridine rings is 2. The first kappa shape index (κ1) is 44.4. The maximum absolute atomic E-state index is 13.2. The molecule has 306 valence electrons. The third kappa shape index (κ3) is 12.6. The van der Waals surface area contributed by atoms with E-state index in [4.69, 9.17) is 11.5 Å². The Hall–Kier alpha value is -6.28. The molecule has 10 N–H and O–H groups in total. The molecule has 2 heterocycles. The summed E-state index contributed by atoms with van der Waals surface area (Å²) in [5, 5.41) is 16.1. The van der Waals surface area contributed by atoms with Gasteiger partial charge in [-0.2, -0.15) is 0 Å². The molecule has 8 amide bonds. The number of aromatic nitrogens is 2. The average Bonchev–Trinajstić information content (AvgIpc) is 3.19. The predicted octanol–water partition coefficient (Wildman–Crippen LogP) is 0.527. The molecule has 0 aliphatic carbocycles. The van der Waals surface area contributed by atoms with Crippen molar-refractivity contribution >= 4 is 90.7 Å². The van der Waals surface area contributed by atoms with Gasteiger partial charge in [0.2, 0.25) is 35.4 Å². The van der Waals surface area contributed by atoms with Gasteiger partial charge in [0.1, 0.15) is 12.1 Å². The highest BCUT2D eigenvalue weighted by Gasteiger charge is 2.23. The van der Waals surface area contributed by atoms with E-state index in [1.54, 1.807) is 88.6 Å². The van der Waals surface area contributed by atoms with Crippen molar-refractivity contribution in [2.45, 2.75) is 49.6 Å². The maximum Gasteiger partial charge on any atom is 0.251 e. The lowest BCUT2D eigenvalue weighted by Crippen LogP contribution is -2.51. The lowest BCUT2D eigenvalue weighted by Gasteiger charge is -2.19. The Bertz CT molecular complexity index is 2080. The van der Waals surface area contributed by atoms with Crippen LogP contribution >= 0.6 is 21.6 Å². The van der Waals surface area contributed by atoms with Gasteiger partial charge in [0, 0.05) is 44.1 Å². The van der Waals surface area contributed by atoms with E-state index in [0.29, 0.717) is 31.6 Å². The topological polar surface area (TPSA) is 287 Å². The molecule has 0 fully saturated rings. The van der Waals surface area contributed by atoms with Crippen LogP contribution in [0.15, 0.2) is 70.7 Å². The van der Waals surface area contributed by atoms with Crippen LogP contribution < -0.4 is 43.4 Å². The molecule has 0 aliphatic heterocycles. The number of nitrogens with zero attached hydrogens (tertiary/aromatic N) is 2. The van der Waals surface area contributed by atoms with Gasteiger partial charge in [-0.1, -0.05) is 61.4 Å². The number of nitrogens with two attached hydrogens (primary N) is 2. The summed E-state index contributed by atoms with van der Waals surface area (Å²) < 4.78 is 0. The highest BCUT2D eigenvalue weighted by molar-refractivity contribution is 8.76. The molecule has 18 nitrogen and oxygen atoms in total. The van der Waals surface area contributed by atoms with Crippen molar-refractivity contribution < 1.29 is 38.4 Å². The average molecular weight is 833 g/mol. The quantitative estimate of drug-likeness (QED) is 0.0601. The molecule has 0 unspecified atom stereocenters. The molecular formula is C38H44N10O8S2. The highest BCUT2D eigenvalue weighted by atomic mass is 33.1. The summed E-state index contributed by atoms with van der Waals surface area (Å²) in [6.07, 6.45) is 3.22. The molecule has 0 radical (unpaired) electrons. The standard InChI is InChI=1S/C38H44N10O8S2/c1-19(2)31(35(39)53)47-29(51)17-43-27(49)15-45-37(55)23-11-21-7-5-9-41-33(21)25(13-23)57-58-26-14-24(12-22-8-6-10-42-34(22)26)38(56)46-16-28(50)44-18-30(52)48-32(20(3)4)36(40)54/h5-14,19-20,31-32H,15-18H2,1-4H3,(H2,39,53)(H2,40,54)(H,43,49)(H,44,50)(H,45,55)(H,46,56)(H,47,51)(H,48,52)/t31-,32-/m0/s1. The van der Waals surface area contributed by atoms with Crippen molar-refractivity contribution in [3.05, 3.63) is 72.1 Å². The first-order chi connectivity index (χ1) is 27.5. The van der Waals surface area contributed by atoms with Gasteiger partial charge in [-0.05, 0) is 48.2 Å². The van der Waals surface area contributed by atoms with Crippen molar-refractivity contribution in [2.75, 3.05) is 26.2 Å².